The smallest absolute Gasteiger partial charge is 0.192 e. The summed E-state index contributed by atoms with van der Waals surface area (Å²) < 4.78 is 17.9. The minimum Gasteiger partial charge on any atom is -0.443 e. The van der Waals surface area contributed by atoms with Gasteiger partial charge in [0, 0.05) is 12.5 Å². The highest BCUT2D eigenvalue weighted by atomic mass is 35.5. The monoisotopic (exact) mass is 239 g/mol. The highest BCUT2D eigenvalue weighted by Gasteiger charge is 2.02. The van der Waals surface area contributed by atoms with Gasteiger partial charge in [-0.3, -0.25) is 0 Å². The number of benzene rings is 1. The summed E-state index contributed by atoms with van der Waals surface area (Å²) in [4.78, 5) is 3.79. The van der Waals surface area contributed by atoms with Crippen LogP contribution < -0.4 is 0 Å². The summed E-state index contributed by atoms with van der Waals surface area (Å²) in [5, 5.41) is 0.129. The Morgan fingerprint density at radius 1 is 1.31 bits per heavy atom. The lowest BCUT2D eigenvalue weighted by Gasteiger charge is -2.07. The molecule has 0 radical (unpaired) electrons. The third-order valence-electron chi connectivity index (χ3n) is 1.72. The van der Waals surface area contributed by atoms with Crippen molar-refractivity contribution in [2.75, 3.05) is 0 Å². The Labute approximate surface area is 98.7 Å². The summed E-state index contributed by atoms with van der Waals surface area (Å²) in [7, 11) is 0. The van der Waals surface area contributed by atoms with Crippen LogP contribution in [-0.2, 0) is 4.74 Å². The van der Waals surface area contributed by atoms with E-state index in [9.17, 15) is 4.39 Å². The minimum atomic E-state index is -0.309. The molecular formula is C12H11ClFNO. The van der Waals surface area contributed by atoms with Crippen LogP contribution in [-0.4, -0.2) is 5.90 Å². The molecule has 0 saturated heterocycles. The summed E-state index contributed by atoms with van der Waals surface area (Å²) in [5.41, 5.74) is 0.677. The third-order valence-corrected chi connectivity index (χ3v) is 1.80. The number of rotatable bonds is 3. The van der Waals surface area contributed by atoms with Gasteiger partial charge in [-0.1, -0.05) is 24.8 Å². The first-order valence-electron chi connectivity index (χ1n) is 4.51. The Morgan fingerprint density at radius 3 is 2.38 bits per heavy atom. The average Bonchev–Trinajstić information content (AvgIpc) is 2.16. The number of hydrogen-bond acceptors (Lipinski definition) is 2. The van der Waals surface area contributed by atoms with Crippen LogP contribution in [0.25, 0.3) is 5.76 Å². The molecule has 0 unspecified atom stereocenters. The minimum absolute atomic E-state index is 0.129. The lowest BCUT2D eigenvalue weighted by atomic mass is 10.2. The summed E-state index contributed by atoms with van der Waals surface area (Å²) in [6, 6.07) is 5.80. The molecule has 0 N–H and O–H groups in total. The van der Waals surface area contributed by atoms with Gasteiger partial charge >= 0.3 is 0 Å². The maximum Gasteiger partial charge on any atom is 0.192 e. The molecule has 0 aliphatic rings. The van der Waals surface area contributed by atoms with Crippen LogP contribution in [0.15, 0.2) is 47.6 Å². The van der Waals surface area contributed by atoms with Crippen molar-refractivity contribution in [3.05, 3.63) is 54.0 Å². The Bertz CT molecular complexity index is 437. The Kier molecular flexibility index (Phi) is 4.26. The fourth-order valence-electron chi connectivity index (χ4n) is 1.07. The van der Waals surface area contributed by atoms with Crippen LogP contribution in [0.3, 0.4) is 0 Å². The van der Waals surface area contributed by atoms with Crippen LogP contribution in [0.5, 0.6) is 0 Å². The zero-order chi connectivity index (χ0) is 12.1. The molecular weight excluding hydrogens is 229 g/mol. The van der Waals surface area contributed by atoms with Crippen molar-refractivity contribution in [3.8, 4) is 0 Å². The Morgan fingerprint density at radius 2 is 1.88 bits per heavy atom. The first kappa shape index (κ1) is 12.5. The van der Waals surface area contributed by atoms with E-state index < -0.39 is 0 Å². The van der Waals surface area contributed by atoms with Crippen LogP contribution in [0.1, 0.15) is 12.5 Å². The zero-order valence-corrected chi connectivity index (χ0v) is 9.59. The molecule has 2 nitrogen and oxygen atoms in total. The van der Waals surface area contributed by atoms with Gasteiger partial charge in [-0.05, 0) is 24.3 Å². The molecule has 0 heterocycles. The van der Waals surface area contributed by atoms with Crippen molar-refractivity contribution in [2.24, 2.45) is 4.99 Å². The third kappa shape index (κ3) is 3.87. The van der Waals surface area contributed by atoms with E-state index in [1.165, 1.54) is 12.1 Å². The van der Waals surface area contributed by atoms with Gasteiger partial charge in [-0.15, -0.1) is 0 Å². The SMILES string of the molecule is C=C(Cl)N=C(C)OC(=C)c1ccc(F)cc1. The summed E-state index contributed by atoms with van der Waals surface area (Å²) in [6.45, 7) is 8.74. The normalized spacial score (nSPS) is 11.1. The van der Waals surface area contributed by atoms with Gasteiger partial charge in [0.25, 0.3) is 0 Å². The van der Waals surface area contributed by atoms with Crippen LogP contribution in [0, 0.1) is 5.82 Å². The number of nitrogens with zero attached hydrogens (tertiary/aromatic N) is 1. The molecule has 4 heteroatoms. The van der Waals surface area contributed by atoms with Gasteiger partial charge in [0.05, 0.1) is 0 Å². The van der Waals surface area contributed by atoms with Crippen molar-refractivity contribution in [1.29, 1.82) is 0 Å². The predicted octanol–water partition coefficient (Wildman–Crippen LogP) is 3.94. The zero-order valence-electron chi connectivity index (χ0n) is 8.84. The van der Waals surface area contributed by atoms with Crippen LogP contribution in [0.2, 0.25) is 0 Å². The standard InChI is InChI=1S/C12H11ClFNO/c1-8(16-10(3)15-9(2)13)11-4-6-12(14)7-5-11/h4-7H,1-2H2,3H3. The summed E-state index contributed by atoms with van der Waals surface area (Å²) >= 11 is 5.48. The Hall–Kier alpha value is -1.61. The highest BCUT2D eigenvalue weighted by Crippen LogP contribution is 2.15. The van der Waals surface area contributed by atoms with E-state index in [-0.39, 0.29) is 11.0 Å². The van der Waals surface area contributed by atoms with Crippen molar-refractivity contribution >= 4 is 23.3 Å². The fourth-order valence-corrected chi connectivity index (χ4v) is 1.19. The number of halogens is 2. The molecule has 84 valence electrons. The second-order valence-electron chi connectivity index (χ2n) is 3.04. The van der Waals surface area contributed by atoms with Gasteiger partial charge in [0.15, 0.2) is 5.90 Å². The molecule has 0 amide bonds. The second kappa shape index (κ2) is 5.47. The molecule has 0 aliphatic heterocycles. The van der Waals surface area contributed by atoms with Gasteiger partial charge in [-0.25, -0.2) is 9.38 Å². The van der Waals surface area contributed by atoms with Gasteiger partial charge < -0.3 is 4.74 Å². The molecule has 1 aromatic rings. The molecule has 0 spiro atoms. The van der Waals surface area contributed by atoms with Crippen molar-refractivity contribution < 1.29 is 9.13 Å². The average molecular weight is 240 g/mol. The first-order chi connectivity index (χ1) is 7.49. The van der Waals surface area contributed by atoms with E-state index in [0.29, 0.717) is 17.2 Å². The quantitative estimate of drug-likeness (QED) is 0.339. The molecule has 0 fully saturated rings. The lowest BCUT2D eigenvalue weighted by molar-refractivity contribution is 0.504. The highest BCUT2D eigenvalue weighted by molar-refractivity contribution is 6.29. The van der Waals surface area contributed by atoms with Crippen LogP contribution >= 0.6 is 11.6 Å². The maximum absolute atomic E-state index is 12.7. The van der Waals surface area contributed by atoms with Gasteiger partial charge in [-0.2, -0.15) is 0 Å². The van der Waals surface area contributed by atoms with E-state index >= 15 is 0 Å². The molecule has 0 aliphatic carbocycles. The van der Waals surface area contributed by atoms with Crippen molar-refractivity contribution in [1.82, 2.24) is 0 Å². The Balaban J connectivity index is 2.73. The molecule has 0 atom stereocenters. The number of ether oxygens (including phenoxy) is 1. The van der Waals surface area contributed by atoms with E-state index in [4.69, 9.17) is 16.3 Å². The van der Waals surface area contributed by atoms with E-state index in [0.717, 1.165) is 0 Å². The molecule has 0 bridgehead atoms. The fraction of sp³-hybridized carbons (Fsp3) is 0.0833. The molecule has 0 aromatic heterocycles. The largest absolute Gasteiger partial charge is 0.443 e. The molecule has 1 aromatic carbocycles. The molecule has 1 rings (SSSR count). The summed E-state index contributed by atoms with van der Waals surface area (Å²) in [6.07, 6.45) is 0. The second-order valence-corrected chi connectivity index (χ2v) is 3.48. The molecule has 0 saturated carbocycles. The van der Waals surface area contributed by atoms with E-state index in [2.05, 4.69) is 18.2 Å². The first-order valence-corrected chi connectivity index (χ1v) is 4.89. The lowest BCUT2D eigenvalue weighted by Crippen LogP contribution is -1.98. The van der Waals surface area contributed by atoms with Gasteiger partial charge in [0.2, 0.25) is 0 Å². The van der Waals surface area contributed by atoms with Gasteiger partial charge in [0.1, 0.15) is 16.7 Å². The number of aliphatic imine (C=N–C) groups is 1. The molecule has 16 heavy (non-hydrogen) atoms. The number of hydrogen-bond donors (Lipinski definition) is 0. The predicted molar refractivity (Wildman–Crippen MR) is 64.6 cm³/mol. The van der Waals surface area contributed by atoms with E-state index in [1.807, 2.05) is 0 Å². The topological polar surface area (TPSA) is 21.6 Å². The van der Waals surface area contributed by atoms with Crippen molar-refractivity contribution in [3.63, 3.8) is 0 Å². The summed E-state index contributed by atoms with van der Waals surface area (Å²) in [5.74, 6) is 0.393. The van der Waals surface area contributed by atoms with Crippen LogP contribution in [0.4, 0.5) is 4.39 Å². The van der Waals surface area contributed by atoms with Crippen molar-refractivity contribution in [2.45, 2.75) is 6.92 Å². The van der Waals surface area contributed by atoms with E-state index in [1.54, 1.807) is 19.1 Å². The maximum atomic E-state index is 12.7.